The number of carbonyl (C=O) groups excluding carboxylic acids is 2. The van der Waals surface area contributed by atoms with E-state index in [1.165, 1.54) is 0 Å². The highest BCUT2D eigenvalue weighted by atomic mass is 16.6. The molecule has 0 bridgehead atoms. The van der Waals surface area contributed by atoms with E-state index in [0.717, 1.165) is 11.8 Å². The molecule has 0 unspecified atom stereocenters. The molecule has 1 aromatic rings. The Hall–Kier alpha value is -1.64. The van der Waals surface area contributed by atoms with Gasteiger partial charge in [-0.05, 0) is 26.3 Å². The van der Waals surface area contributed by atoms with Gasteiger partial charge in [0.2, 0.25) is 0 Å². The third-order valence-electron chi connectivity index (χ3n) is 2.23. The van der Waals surface area contributed by atoms with Crippen LogP contribution in [0.25, 0.3) is 0 Å². The normalized spacial score (nSPS) is 12.9. The maximum absolute atomic E-state index is 12.0. The van der Waals surface area contributed by atoms with Crippen molar-refractivity contribution in [1.82, 2.24) is 0 Å². The molecule has 1 aromatic carbocycles. The van der Waals surface area contributed by atoms with Crippen LogP contribution < -0.4 is 0 Å². The molecular formula is C14H18O3. The Bertz CT molecular complexity index is 376. The first-order valence-corrected chi connectivity index (χ1v) is 5.65. The molecule has 92 valence electrons. The number of hydrogen-bond acceptors (Lipinski definition) is 3. The second-order valence-corrected chi connectivity index (χ2v) is 4.90. The summed E-state index contributed by atoms with van der Waals surface area (Å²) in [6.45, 7) is 5.44. The molecule has 0 aromatic heterocycles. The van der Waals surface area contributed by atoms with Gasteiger partial charge >= 0.3 is 5.97 Å². The van der Waals surface area contributed by atoms with Gasteiger partial charge in [-0.3, -0.25) is 4.79 Å². The Labute approximate surface area is 102 Å². The molecular weight excluding hydrogens is 216 g/mol. The van der Waals surface area contributed by atoms with Crippen LogP contribution >= 0.6 is 0 Å². The standard InChI is InChI=1S/C14H18O3/c1-14(2,3)17-13(16)12(9-10-15)11-7-5-4-6-8-11/h4-8,10,12H,9H2,1-3H3/t12-/m0/s1. The highest BCUT2D eigenvalue weighted by Gasteiger charge is 2.26. The Balaban J connectivity index is 2.87. The SMILES string of the molecule is CC(C)(C)OC(=O)[C@@H](CC=O)c1ccccc1. The summed E-state index contributed by atoms with van der Waals surface area (Å²) < 4.78 is 5.31. The molecule has 0 radical (unpaired) electrons. The zero-order valence-electron chi connectivity index (χ0n) is 10.5. The smallest absolute Gasteiger partial charge is 0.314 e. The minimum atomic E-state index is -0.535. The first kappa shape index (κ1) is 13.4. The lowest BCUT2D eigenvalue weighted by Gasteiger charge is -2.23. The van der Waals surface area contributed by atoms with E-state index in [1.807, 2.05) is 51.1 Å². The van der Waals surface area contributed by atoms with Gasteiger partial charge in [-0.25, -0.2) is 0 Å². The Morgan fingerprint density at radius 3 is 2.35 bits per heavy atom. The zero-order chi connectivity index (χ0) is 12.9. The van der Waals surface area contributed by atoms with E-state index in [9.17, 15) is 9.59 Å². The fourth-order valence-corrected chi connectivity index (χ4v) is 1.52. The topological polar surface area (TPSA) is 43.4 Å². The second kappa shape index (κ2) is 5.62. The van der Waals surface area contributed by atoms with Crippen LogP contribution in [0.15, 0.2) is 30.3 Å². The summed E-state index contributed by atoms with van der Waals surface area (Å²) in [6.07, 6.45) is 0.903. The number of ether oxygens (including phenoxy) is 1. The third kappa shape index (κ3) is 4.39. The summed E-state index contributed by atoms with van der Waals surface area (Å²) >= 11 is 0. The van der Waals surface area contributed by atoms with Crippen molar-refractivity contribution in [1.29, 1.82) is 0 Å². The number of rotatable bonds is 4. The summed E-state index contributed by atoms with van der Waals surface area (Å²) in [4.78, 5) is 22.6. The summed E-state index contributed by atoms with van der Waals surface area (Å²) in [5.74, 6) is -0.858. The van der Waals surface area contributed by atoms with Crippen LogP contribution in [0.3, 0.4) is 0 Å². The predicted octanol–water partition coefficient (Wildman–Crippen LogP) is 2.70. The molecule has 1 rings (SSSR count). The molecule has 0 fully saturated rings. The molecule has 3 heteroatoms. The van der Waals surface area contributed by atoms with E-state index in [2.05, 4.69) is 0 Å². The third-order valence-corrected chi connectivity index (χ3v) is 2.23. The molecule has 3 nitrogen and oxygen atoms in total. The number of hydrogen-bond donors (Lipinski definition) is 0. The highest BCUT2D eigenvalue weighted by Crippen LogP contribution is 2.22. The van der Waals surface area contributed by atoms with Gasteiger partial charge in [0.1, 0.15) is 11.9 Å². The van der Waals surface area contributed by atoms with Crippen LogP contribution in [0, 0.1) is 0 Å². The molecule has 0 heterocycles. The van der Waals surface area contributed by atoms with E-state index >= 15 is 0 Å². The van der Waals surface area contributed by atoms with E-state index in [-0.39, 0.29) is 12.4 Å². The molecule has 0 amide bonds. The van der Waals surface area contributed by atoms with Crippen LogP contribution in [0.5, 0.6) is 0 Å². The van der Waals surface area contributed by atoms with Crippen LogP contribution in [0.4, 0.5) is 0 Å². The zero-order valence-corrected chi connectivity index (χ0v) is 10.5. The Morgan fingerprint density at radius 2 is 1.88 bits per heavy atom. The molecule has 0 N–H and O–H groups in total. The number of esters is 1. The Kier molecular flexibility index (Phi) is 4.44. The average molecular weight is 234 g/mol. The van der Waals surface area contributed by atoms with Crippen molar-refractivity contribution in [2.24, 2.45) is 0 Å². The lowest BCUT2D eigenvalue weighted by molar-refractivity contribution is -0.157. The molecule has 0 aliphatic carbocycles. The van der Waals surface area contributed by atoms with Crippen molar-refractivity contribution < 1.29 is 14.3 Å². The van der Waals surface area contributed by atoms with Crippen molar-refractivity contribution in [2.45, 2.75) is 38.7 Å². The molecule has 0 saturated heterocycles. The van der Waals surface area contributed by atoms with Crippen LogP contribution in [0.1, 0.15) is 38.7 Å². The average Bonchev–Trinajstić information content (AvgIpc) is 2.24. The van der Waals surface area contributed by atoms with Crippen LogP contribution in [-0.2, 0) is 14.3 Å². The van der Waals surface area contributed by atoms with E-state index in [4.69, 9.17) is 4.74 Å². The number of benzene rings is 1. The maximum atomic E-state index is 12.0. The lowest BCUT2D eigenvalue weighted by atomic mass is 9.96. The van der Waals surface area contributed by atoms with Crippen LogP contribution in [0.2, 0.25) is 0 Å². The number of aldehydes is 1. The Morgan fingerprint density at radius 1 is 1.29 bits per heavy atom. The quantitative estimate of drug-likeness (QED) is 0.594. The van der Waals surface area contributed by atoms with Gasteiger partial charge in [0.15, 0.2) is 0 Å². The molecule has 0 saturated carbocycles. The first-order valence-electron chi connectivity index (χ1n) is 5.65. The van der Waals surface area contributed by atoms with Crippen molar-refractivity contribution >= 4 is 12.3 Å². The summed E-state index contributed by atoms with van der Waals surface area (Å²) in [6, 6.07) is 9.22. The fourth-order valence-electron chi connectivity index (χ4n) is 1.52. The van der Waals surface area contributed by atoms with Crippen molar-refractivity contribution in [3.05, 3.63) is 35.9 Å². The van der Waals surface area contributed by atoms with Crippen molar-refractivity contribution in [3.8, 4) is 0 Å². The molecule has 1 atom stereocenters. The summed E-state index contributed by atoms with van der Waals surface area (Å²) in [5, 5.41) is 0. The molecule has 0 spiro atoms. The first-order chi connectivity index (χ1) is 7.94. The van der Waals surface area contributed by atoms with Crippen LogP contribution in [-0.4, -0.2) is 17.9 Å². The van der Waals surface area contributed by atoms with Gasteiger partial charge < -0.3 is 9.53 Å². The van der Waals surface area contributed by atoms with E-state index < -0.39 is 11.5 Å². The van der Waals surface area contributed by atoms with Gasteiger partial charge in [-0.2, -0.15) is 0 Å². The van der Waals surface area contributed by atoms with Gasteiger partial charge in [0.25, 0.3) is 0 Å². The van der Waals surface area contributed by atoms with Gasteiger partial charge in [0, 0.05) is 6.42 Å². The van der Waals surface area contributed by atoms with Gasteiger partial charge in [-0.1, -0.05) is 30.3 Å². The van der Waals surface area contributed by atoms with Crippen molar-refractivity contribution in [3.63, 3.8) is 0 Å². The summed E-state index contributed by atoms with van der Waals surface area (Å²) in [7, 11) is 0. The minimum absolute atomic E-state index is 0.152. The van der Waals surface area contributed by atoms with E-state index in [1.54, 1.807) is 0 Å². The minimum Gasteiger partial charge on any atom is -0.459 e. The van der Waals surface area contributed by atoms with Crippen molar-refractivity contribution in [2.75, 3.05) is 0 Å². The van der Waals surface area contributed by atoms with Gasteiger partial charge in [-0.15, -0.1) is 0 Å². The summed E-state index contributed by atoms with van der Waals surface area (Å²) in [5.41, 5.74) is 0.279. The lowest BCUT2D eigenvalue weighted by Crippen LogP contribution is -2.28. The monoisotopic (exact) mass is 234 g/mol. The van der Waals surface area contributed by atoms with Gasteiger partial charge in [0.05, 0.1) is 5.92 Å². The fraction of sp³-hybridized carbons (Fsp3) is 0.429. The maximum Gasteiger partial charge on any atom is 0.314 e. The largest absolute Gasteiger partial charge is 0.459 e. The molecule has 17 heavy (non-hydrogen) atoms. The molecule has 0 aliphatic rings. The second-order valence-electron chi connectivity index (χ2n) is 4.90. The highest BCUT2D eigenvalue weighted by molar-refractivity contribution is 5.81. The predicted molar refractivity (Wildman–Crippen MR) is 65.7 cm³/mol. The molecule has 0 aliphatic heterocycles. The van der Waals surface area contributed by atoms with E-state index in [0.29, 0.717) is 0 Å². The number of carbonyl (C=O) groups is 2.